The van der Waals surface area contributed by atoms with Gasteiger partial charge in [-0.2, -0.15) is 0 Å². The standard InChI is InChI=1S/C37H34N2O2S/c1-36(2)15-17-39-18-16-37(3,4)29-31(39)26(36)19-25-27(20-13-14-20)28(35(40)41-32(25)29)34-38-30-23-11-7-5-9-21(23)22-10-6-8-12-24(22)33(30)42-34/h5-12,19-20H,13-18H2,1-4H3. The van der Waals surface area contributed by atoms with Gasteiger partial charge in [0.2, 0.25) is 0 Å². The number of fused-ring (bicyclic) bond motifs is 8. The lowest BCUT2D eigenvalue weighted by Gasteiger charge is -2.48. The molecule has 1 saturated carbocycles. The smallest absolute Gasteiger partial charge is 0.346 e. The van der Waals surface area contributed by atoms with Gasteiger partial charge in [-0.25, -0.2) is 9.78 Å². The summed E-state index contributed by atoms with van der Waals surface area (Å²) < 4.78 is 7.63. The first-order chi connectivity index (χ1) is 20.2. The van der Waals surface area contributed by atoms with Crippen LogP contribution >= 0.6 is 11.3 Å². The third-order valence-corrected chi connectivity index (χ3v) is 11.5. The summed E-state index contributed by atoms with van der Waals surface area (Å²) in [7, 11) is 0. The van der Waals surface area contributed by atoms with Gasteiger partial charge in [-0.05, 0) is 70.4 Å². The summed E-state index contributed by atoms with van der Waals surface area (Å²) in [5.41, 5.74) is 7.37. The summed E-state index contributed by atoms with van der Waals surface area (Å²) in [4.78, 5) is 22.1. The summed E-state index contributed by atoms with van der Waals surface area (Å²) in [6.07, 6.45) is 4.40. The fraction of sp³-hybridized carbons (Fsp3) is 0.351. The van der Waals surface area contributed by atoms with E-state index in [0.29, 0.717) is 11.5 Å². The average Bonchev–Trinajstić information content (AvgIpc) is 3.72. The third kappa shape index (κ3) is 3.29. The molecule has 4 aromatic carbocycles. The Hall–Kier alpha value is -3.70. The summed E-state index contributed by atoms with van der Waals surface area (Å²) in [5, 5.41) is 6.67. The Balaban J connectivity index is 1.41. The van der Waals surface area contributed by atoms with E-state index in [1.54, 1.807) is 11.3 Å². The quantitative estimate of drug-likeness (QED) is 0.154. The normalized spacial score (nSPS) is 19.2. The van der Waals surface area contributed by atoms with Crippen LogP contribution in [-0.2, 0) is 10.8 Å². The van der Waals surface area contributed by atoms with Crippen molar-refractivity contribution in [2.24, 2.45) is 0 Å². The third-order valence-electron chi connectivity index (χ3n) is 10.4. The van der Waals surface area contributed by atoms with Crippen molar-refractivity contribution in [2.75, 3.05) is 18.0 Å². The molecule has 0 atom stereocenters. The Morgan fingerprint density at radius 1 is 0.857 bits per heavy atom. The lowest BCUT2D eigenvalue weighted by molar-refractivity contribution is 0.398. The number of hydrogen-bond donors (Lipinski definition) is 0. The summed E-state index contributed by atoms with van der Waals surface area (Å²) in [6.45, 7) is 11.5. The molecule has 1 aliphatic carbocycles. The van der Waals surface area contributed by atoms with E-state index >= 15 is 0 Å². The van der Waals surface area contributed by atoms with Gasteiger partial charge in [-0.3, -0.25) is 0 Å². The van der Waals surface area contributed by atoms with E-state index in [0.717, 1.165) is 70.4 Å². The molecule has 0 radical (unpaired) electrons. The highest BCUT2D eigenvalue weighted by Gasteiger charge is 2.43. The molecule has 0 N–H and O–H groups in total. The Bertz CT molecular complexity index is 2120. The van der Waals surface area contributed by atoms with Crippen LogP contribution in [0.15, 0.2) is 63.8 Å². The Morgan fingerprint density at radius 2 is 1.50 bits per heavy atom. The molecular weight excluding hydrogens is 536 g/mol. The van der Waals surface area contributed by atoms with E-state index < -0.39 is 0 Å². The Labute approximate surface area is 249 Å². The van der Waals surface area contributed by atoms with Crippen LogP contribution in [0.2, 0.25) is 0 Å². The molecule has 4 heterocycles. The second-order valence-corrected chi connectivity index (χ2v) is 15.0. The molecule has 4 nitrogen and oxygen atoms in total. The van der Waals surface area contributed by atoms with Gasteiger partial charge in [0.25, 0.3) is 0 Å². The number of hydrogen-bond acceptors (Lipinski definition) is 5. The van der Waals surface area contributed by atoms with Crippen molar-refractivity contribution in [3.05, 3.63) is 81.7 Å². The van der Waals surface area contributed by atoms with Crippen molar-refractivity contribution in [3.63, 3.8) is 0 Å². The number of thiazole rings is 1. The molecule has 0 bridgehead atoms. The number of nitrogens with zero attached hydrogens (tertiary/aromatic N) is 2. The maximum atomic E-state index is 14.3. The molecule has 1 fully saturated rings. The van der Waals surface area contributed by atoms with Crippen LogP contribution in [0.25, 0.3) is 53.3 Å². The molecule has 0 unspecified atom stereocenters. The first-order valence-corrected chi connectivity index (χ1v) is 16.2. The van der Waals surface area contributed by atoms with Crippen molar-refractivity contribution < 1.29 is 4.42 Å². The van der Waals surface area contributed by atoms with Crippen molar-refractivity contribution in [1.29, 1.82) is 0 Å². The van der Waals surface area contributed by atoms with Crippen molar-refractivity contribution in [1.82, 2.24) is 4.98 Å². The van der Waals surface area contributed by atoms with Gasteiger partial charge in [-0.15, -0.1) is 11.3 Å². The minimum absolute atomic E-state index is 0.0625. The molecule has 42 heavy (non-hydrogen) atoms. The van der Waals surface area contributed by atoms with Gasteiger partial charge in [0.15, 0.2) is 0 Å². The SMILES string of the molecule is CC1(C)CCN2CCC(C)(C)c3c2c1cc1c(C2CC2)c(-c2nc4c5ccccc5c5ccccc5c4s2)c(=O)oc31. The number of aromatic nitrogens is 1. The first kappa shape index (κ1) is 24.9. The molecule has 9 rings (SSSR count). The van der Waals surface area contributed by atoms with E-state index in [2.05, 4.69) is 87.2 Å². The van der Waals surface area contributed by atoms with Crippen LogP contribution in [0.1, 0.15) is 76.0 Å². The van der Waals surface area contributed by atoms with Crippen LogP contribution in [-0.4, -0.2) is 18.1 Å². The highest BCUT2D eigenvalue weighted by molar-refractivity contribution is 7.22. The highest BCUT2D eigenvalue weighted by atomic mass is 32.1. The predicted octanol–water partition coefficient (Wildman–Crippen LogP) is 9.42. The maximum Gasteiger partial charge on any atom is 0.346 e. The number of anilines is 1. The van der Waals surface area contributed by atoms with Crippen molar-refractivity contribution in [2.45, 2.75) is 70.1 Å². The zero-order valence-corrected chi connectivity index (χ0v) is 25.5. The second kappa shape index (κ2) is 8.23. The van der Waals surface area contributed by atoms with Gasteiger partial charge < -0.3 is 9.32 Å². The monoisotopic (exact) mass is 570 g/mol. The highest BCUT2D eigenvalue weighted by Crippen LogP contribution is 2.55. The molecule has 0 spiro atoms. The minimum atomic E-state index is -0.240. The molecule has 2 aromatic heterocycles. The molecule has 0 saturated heterocycles. The maximum absolute atomic E-state index is 14.3. The zero-order chi connectivity index (χ0) is 28.5. The van der Waals surface area contributed by atoms with E-state index in [1.807, 2.05) is 0 Å². The fourth-order valence-corrected chi connectivity index (χ4v) is 9.04. The topological polar surface area (TPSA) is 46.3 Å². The molecule has 0 amide bonds. The van der Waals surface area contributed by atoms with Crippen LogP contribution in [0, 0.1) is 0 Å². The minimum Gasteiger partial charge on any atom is -0.422 e. The largest absolute Gasteiger partial charge is 0.422 e. The number of rotatable bonds is 2. The molecule has 2 aliphatic heterocycles. The second-order valence-electron chi connectivity index (χ2n) is 14.0. The van der Waals surface area contributed by atoms with Crippen LogP contribution in [0.3, 0.4) is 0 Å². The van der Waals surface area contributed by atoms with Crippen LogP contribution in [0.4, 0.5) is 5.69 Å². The Kier molecular flexibility index (Phi) is 4.87. The van der Waals surface area contributed by atoms with Gasteiger partial charge in [0.1, 0.15) is 16.2 Å². The fourth-order valence-electron chi connectivity index (χ4n) is 7.88. The van der Waals surface area contributed by atoms with Gasteiger partial charge in [0.05, 0.1) is 10.2 Å². The lowest BCUT2D eigenvalue weighted by atomic mass is 9.68. The van der Waals surface area contributed by atoms with Crippen molar-refractivity contribution >= 4 is 59.8 Å². The summed E-state index contributed by atoms with van der Waals surface area (Å²) >= 11 is 1.65. The van der Waals surface area contributed by atoms with Crippen LogP contribution < -0.4 is 10.5 Å². The van der Waals surface area contributed by atoms with E-state index in [1.165, 1.54) is 38.5 Å². The Morgan fingerprint density at radius 3 is 2.21 bits per heavy atom. The number of benzene rings is 4. The van der Waals surface area contributed by atoms with Crippen LogP contribution in [0.5, 0.6) is 0 Å². The van der Waals surface area contributed by atoms with Gasteiger partial charge in [0, 0.05) is 40.5 Å². The lowest BCUT2D eigenvalue weighted by Crippen LogP contribution is -2.44. The molecule has 210 valence electrons. The average molecular weight is 571 g/mol. The van der Waals surface area contributed by atoms with Gasteiger partial charge >= 0.3 is 5.63 Å². The summed E-state index contributed by atoms with van der Waals surface area (Å²) in [6, 6.07) is 19.5. The molecular formula is C37H34N2O2S. The van der Waals surface area contributed by atoms with E-state index in [4.69, 9.17) is 9.40 Å². The van der Waals surface area contributed by atoms with E-state index in [-0.39, 0.29) is 16.5 Å². The predicted molar refractivity (Wildman–Crippen MR) is 176 cm³/mol. The molecule has 6 aromatic rings. The molecule has 3 aliphatic rings. The zero-order valence-electron chi connectivity index (χ0n) is 24.6. The van der Waals surface area contributed by atoms with Gasteiger partial charge in [-0.1, -0.05) is 76.2 Å². The first-order valence-electron chi connectivity index (χ1n) is 15.4. The summed E-state index contributed by atoms with van der Waals surface area (Å²) in [5.74, 6) is 0.367. The van der Waals surface area contributed by atoms with Crippen molar-refractivity contribution in [3.8, 4) is 10.6 Å². The molecule has 5 heteroatoms. The van der Waals surface area contributed by atoms with E-state index in [9.17, 15) is 4.79 Å².